The molecule has 21 heavy (non-hydrogen) atoms. The van der Waals surface area contributed by atoms with Gasteiger partial charge in [-0.1, -0.05) is 30.3 Å². The fraction of sp³-hybridized carbons (Fsp3) is 0.438. The van der Waals surface area contributed by atoms with Crippen LogP contribution in [0.1, 0.15) is 11.3 Å². The van der Waals surface area contributed by atoms with Crippen molar-refractivity contribution in [1.82, 2.24) is 14.9 Å². The molecule has 1 saturated heterocycles. The largest absolute Gasteiger partial charge is 0.393 e. The standard InChI is InChI=1S/C16H21N3O2/c20-12-16(8-14-4-2-1-3-5-14)11-19(6-7-21-16)10-15-9-17-13-18-15/h1-5,9,13,20H,6-8,10-12H2,(H,17,18). The van der Waals surface area contributed by atoms with Gasteiger partial charge in [0, 0.05) is 37.9 Å². The van der Waals surface area contributed by atoms with Gasteiger partial charge >= 0.3 is 0 Å². The molecule has 0 bridgehead atoms. The number of aliphatic hydroxyl groups is 1. The Kier molecular flexibility index (Phi) is 4.34. The number of nitrogens with one attached hydrogen (secondary N) is 1. The Bertz CT molecular complexity index is 544. The van der Waals surface area contributed by atoms with Gasteiger partial charge in [-0.25, -0.2) is 4.98 Å². The first-order valence-electron chi connectivity index (χ1n) is 7.28. The molecule has 0 spiro atoms. The van der Waals surface area contributed by atoms with E-state index < -0.39 is 5.60 Å². The highest BCUT2D eigenvalue weighted by Crippen LogP contribution is 2.23. The van der Waals surface area contributed by atoms with Gasteiger partial charge in [0.05, 0.1) is 19.5 Å². The van der Waals surface area contributed by atoms with Crippen molar-refractivity contribution in [2.45, 2.75) is 18.6 Å². The van der Waals surface area contributed by atoms with Crippen LogP contribution in [0.2, 0.25) is 0 Å². The van der Waals surface area contributed by atoms with E-state index in [9.17, 15) is 5.11 Å². The maximum atomic E-state index is 9.87. The molecule has 0 aliphatic carbocycles. The number of aromatic amines is 1. The molecule has 1 aromatic carbocycles. The second-order valence-corrected chi connectivity index (χ2v) is 5.64. The average Bonchev–Trinajstić information content (AvgIpc) is 3.01. The van der Waals surface area contributed by atoms with Crippen LogP contribution in [-0.2, 0) is 17.7 Å². The third-order valence-electron chi connectivity index (χ3n) is 3.93. The van der Waals surface area contributed by atoms with Crippen molar-refractivity contribution >= 4 is 0 Å². The van der Waals surface area contributed by atoms with Crippen molar-refractivity contribution in [3.8, 4) is 0 Å². The number of hydrogen-bond acceptors (Lipinski definition) is 4. The van der Waals surface area contributed by atoms with Crippen LogP contribution in [0.4, 0.5) is 0 Å². The van der Waals surface area contributed by atoms with E-state index in [0.29, 0.717) is 6.61 Å². The monoisotopic (exact) mass is 287 g/mol. The zero-order valence-corrected chi connectivity index (χ0v) is 12.0. The van der Waals surface area contributed by atoms with Crippen molar-refractivity contribution < 1.29 is 9.84 Å². The quantitative estimate of drug-likeness (QED) is 0.868. The van der Waals surface area contributed by atoms with Crippen LogP contribution in [-0.4, -0.2) is 51.9 Å². The van der Waals surface area contributed by atoms with Crippen molar-refractivity contribution in [3.63, 3.8) is 0 Å². The SMILES string of the molecule is OCC1(Cc2ccccc2)CN(Cc2cnc[nH]2)CCO1. The molecule has 3 rings (SSSR count). The number of H-pyrrole nitrogens is 1. The Morgan fingerprint density at radius 2 is 2.19 bits per heavy atom. The molecule has 2 aromatic rings. The van der Waals surface area contributed by atoms with Gasteiger partial charge in [0.2, 0.25) is 0 Å². The number of nitrogens with zero attached hydrogens (tertiary/aromatic N) is 2. The average molecular weight is 287 g/mol. The molecule has 1 fully saturated rings. The summed E-state index contributed by atoms with van der Waals surface area (Å²) in [5.41, 5.74) is 1.76. The molecular formula is C16H21N3O2. The van der Waals surface area contributed by atoms with E-state index in [4.69, 9.17) is 4.74 Å². The Morgan fingerprint density at radius 1 is 1.33 bits per heavy atom. The lowest BCUT2D eigenvalue weighted by Gasteiger charge is -2.41. The number of benzene rings is 1. The van der Waals surface area contributed by atoms with Crippen LogP contribution in [0, 0.1) is 0 Å². The lowest BCUT2D eigenvalue weighted by Crippen LogP contribution is -2.55. The zero-order valence-electron chi connectivity index (χ0n) is 12.0. The topological polar surface area (TPSA) is 61.4 Å². The summed E-state index contributed by atoms with van der Waals surface area (Å²) in [6.07, 6.45) is 4.26. The molecule has 1 atom stereocenters. The molecule has 1 aromatic heterocycles. The lowest BCUT2D eigenvalue weighted by molar-refractivity contribution is -0.134. The third-order valence-corrected chi connectivity index (χ3v) is 3.93. The molecule has 0 saturated carbocycles. The molecule has 1 unspecified atom stereocenters. The number of rotatable bonds is 5. The van der Waals surface area contributed by atoms with Crippen molar-refractivity contribution in [2.75, 3.05) is 26.3 Å². The number of imidazole rings is 1. The highest BCUT2D eigenvalue weighted by Gasteiger charge is 2.36. The normalized spacial score (nSPS) is 23.3. The number of ether oxygens (including phenoxy) is 1. The van der Waals surface area contributed by atoms with Crippen LogP contribution in [0.3, 0.4) is 0 Å². The second-order valence-electron chi connectivity index (χ2n) is 5.64. The van der Waals surface area contributed by atoms with E-state index in [1.165, 1.54) is 5.56 Å². The summed E-state index contributed by atoms with van der Waals surface area (Å²) in [6, 6.07) is 10.2. The Hall–Kier alpha value is -1.69. The minimum atomic E-state index is -0.514. The zero-order chi connectivity index (χ0) is 14.5. The van der Waals surface area contributed by atoms with E-state index in [1.54, 1.807) is 6.33 Å². The van der Waals surface area contributed by atoms with E-state index >= 15 is 0 Å². The molecule has 0 radical (unpaired) electrons. The summed E-state index contributed by atoms with van der Waals surface area (Å²) in [5, 5.41) is 9.87. The van der Waals surface area contributed by atoms with Gasteiger partial charge in [0.15, 0.2) is 0 Å². The second kappa shape index (κ2) is 6.39. The summed E-state index contributed by atoms with van der Waals surface area (Å²) in [7, 11) is 0. The van der Waals surface area contributed by atoms with Gasteiger partial charge in [0.1, 0.15) is 5.60 Å². The van der Waals surface area contributed by atoms with Crippen molar-refractivity contribution in [2.24, 2.45) is 0 Å². The number of aromatic nitrogens is 2. The summed E-state index contributed by atoms with van der Waals surface area (Å²) in [4.78, 5) is 9.47. The minimum Gasteiger partial charge on any atom is -0.393 e. The van der Waals surface area contributed by atoms with Crippen molar-refractivity contribution in [3.05, 3.63) is 54.1 Å². The molecule has 1 aliphatic rings. The van der Waals surface area contributed by atoms with Gasteiger partial charge in [-0.2, -0.15) is 0 Å². The van der Waals surface area contributed by atoms with Gasteiger partial charge in [0.25, 0.3) is 0 Å². The minimum absolute atomic E-state index is 0.0291. The predicted molar refractivity (Wildman–Crippen MR) is 79.8 cm³/mol. The maximum absolute atomic E-state index is 9.87. The van der Waals surface area contributed by atoms with E-state index in [0.717, 1.165) is 31.7 Å². The highest BCUT2D eigenvalue weighted by atomic mass is 16.5. The maximum Gasteiger partial charge on any atom is 0.108 e. The van der Waals surface area contributed by atoms with Gasteiger partial charge in [-0.3, -0.25) is 4.90 Å². The van der Waals surface area contributed by atoms with Gasteiger partial charge in [-0.15, -0.1) is 0 Å². The molecule has 5 heteroatoms. The molecular weight excluding hydrogens is 266 g/mol. The number of morpholine rings is 1. The highest BCUT2D eigenvalue weighted by molar-refractivity contribution is 5.18. The molecule has 5 nitrogen and oxygen atoms in total. The molecule has 2 heterocycles. The van der Waals surface area contributed by atoms with E-state index in [2.05, 4.69) is 27.0 Å². The lowest BCUT2D eigenvalue weighted by atomic mass is 9.93. The van der Waals surface area contributed by atoms with Crippen LogP contribution >= 0.6 is 0 Å². The smallest absolute Gasteiger partial charge is 0.108 e. The first-order valence-corrected chi connectivity index (χ1v) is 7.28. The summed E-state index contributed by atoms with van der Waals surface area (Å²) in [5.74, 6) is 0. The molecule has 1 aliphatic heterocycles. The van der Waals surface area contributed by atoms with Crippen molar-refractivity contribution in [1.29, 1.82) is 0 Å². The van der Waals surface area contributed by atoms with E-state index in [1.807, 2.05) is 24.4 Å². The number of hydrogen-bond donors (Lipinski definition) is 2. The Balaban J connectivity index is 1.69. The van der Waals surface area contributed by atoms with Crippen LogP contribution in [0.5, 0.6) is 0 Å². The Labute approximate surface area is 124 Å². The number of aliphatic hydroxyl groups excluding tert-OH is 1. The molecule has 112 valence electrons. The fourth-order valence-electron chi connectivity index (χ4n) is 2.90. The van der Waals surface area contributed by atoms with Gasteiger partial charge < -0.3 is 14.8 Å². The molecule has 0 amide bonds. The van der Waals surface area contributed by atoms with Crippen LogP contribution < -0.4 is 0 Å². The summed E-state index contributed by atoms with van der Waals surface area (Å²) in [6.45, 7) is 3.07. The fourth-order valence-corrected chi connectivity index (χ4v) is 2.90. The van der Waals surface area contributed by atoms with Gasteiger partial charge in [-0.05, 0) is 5.56 Å². The Morgan fingerprint density at radius 3 is 2.90 bits per heavy atom. The summed E-state index contributed by atoms with van der Waals surface area (Å²) >= 11 is 0. The summed E-state index contributed by atoms with van der Waals surface area (Å²) < 4.78 is 5.95. The van der Waals surface area contributed by atoms with E-state index in [-0.39, 0.29) is 6.61 Å². The van der Waals surface area contributed by atoms with Crippen LogP contribution in [0.25, 0.3) is 0 Å². The predicted octanol–water partition coefficient (Wildman–Crippen LogP) is 1.22. The molecule has 2 N–H and O–H groups in total. The first kappa shape index (κ1) is 14.3. The third kappa shape index (κ3) is 3.50. The van der Waals surface area contributed by atoms with Crippen LogP contribution in [0.15, 0.2) is 42.9 Å². The first-order chi connectivity index (χ1) is 10.3.